The van der Waals surface area contributed by atoms with Crippen molar-refractivity contribution in [3.8, 4) is 11.3 Å². The van der Waals surface area contributed by atoms with Crippen LogP contribution in [0.25, 0.3) is 11.3 Å². The van der Waals surface area contributed by atoms with Crippen LogP contribution in [-0.4, -0.2) is 65.0 Å². The molecule has 2 fully saturated rings. The number of rotatable bonds is 6. The molecule has 0 saturated carbocycles. The number of ether oxygens (including phenoxy) is 1. The molecule has 0 aliphatic carbocycles. The molecule has 0 spiro atoms. The minimum atomic E-state index is -4.44. The van der Waals surface area contributed by atoms with Crippen LogP contribution in [0.1, 0.15) is 63.2 Å². The fourth-order valence-electron chi connectivity index (χ4n) is 6.06. The van der Waals surface area contributed by atoms with Gasteiger partial charge in [-0.1, -0.05) is 30.3 Å². The third kappa shape index (κ3) is 6.45. The first-order chi connectivity index (χ1) is 19.6. The molecule has 5 rings (SSSR count). The number of hydrogen-bond acceptors (Lipinski definition) is 5. The molecule has 9 heteroatoms. The van der Waals surface area contributed by atoms with Crippen LogP contribution in [0.4, 0.5) is 13.2 Å². The van der Waals surface area contributed by atoms with Crippen molar-refractivity contribution in [2.75, 3.05) is 26.2 Å². The number of halogens is 3. The SMILES string of the molecule is Cc1cc(-c2cccc(C(F)(F)F)c2)nc(C)c1C(=O)N1CCC(N2CCC[C@H]2COC(=O)c2ccccc2)CC1. The number of benzene rings is 2. The first-order valence-corrected chi connectivity index (χ1v) is 14.0. The summed E-state index contributed by atoms with van der Waals surface area (Å²) in [7, 11) is 0. The van der Waals surface area contributed by atoms with Gasteiger partial charge < -0.3 is 9.64 Å². The lowest BCUT2D eigenvalue weighted by molar-refractivity contribution is -0.137. The Morgan fingerprint density at radius 2 is 1.68 bits per heavy atom. The highest BCUT2D eigenvalue weighted by atomic mass is 19.4. The number of carbonyl (C=O) groups excluding carboxylic acids is 2. The fourth-order valence-corrected chi connectivity index (χ4v) is 6.06. The molecule has 1 aromatic heterocycles. The predicted octanol–water partition coefficient (Wildman–Crippen LogP) is 6.31. The largest absolute Gasteiger partial charge is 0.460 e. The van der Waals surface area contributed by atoms with Crippen molar-refractivity contribution in [2.45, 2.75) is 57.8 Å². The van der Waals surface area contributed by atoms with Crippen molar-refractivity contribution < 1.29 is 27.5 Å². The molecule has 2 aromatic carbocycles. The second kappa shape index (κ2) is 12.0. The minimum absolute atomic E-state index is 0.101. The number of esters is 1. The smallest absolute Gasteiger partial charge is 0.416 e. The quantitative estimate of drug-likeness (QED) is 0.328. The van der Waals surface area contributed by atoms with E-state index in [0.717, 1.165) is 44.4 Å². The number of amides is 1. The first-order valence-electron chi connectivity index (χ1n) is 14.0. The van der Waals surface area contributed by atoms with Gasteiger partial charge in [-0.25, -0.2) is 4.79 Å². The van der Waals surface area contributed by atoms with E-state index in [1.54, 1.807) is 38.1 Å². The lowest BCUT2D eigenvalue weighted by Gasteiger charge is -2.39. The van der Waals surface area contributed by atoms with Gasteiger partial charge in [0.25, 0.3) is 5.91 Å². The van der Waals surface area contributed by atoms with E-state index in [9.17, 15) is 22.8 Å². The molecule has 6 nitrogen and oxygen atoms in total. The Kier molecular flexibility index (Phi) is 8.45. The van der Waals surface area contributed by atoms with Crippen molar-refractivity contribution in [1.29, 1.82) is 0 Å². The van der Waals surface area contributed by atoms with Crippen molar-refractivity contribution in [2.24, 2.45) is 0 Å². The summed E-state index contributed by atoms with van der Waals surface area (Å²) in [6.07, 6.45) is -0.770. The summed E-state index contributed by atoms with van der Waals surface area (Å²) in [6.45, 7) is 6.04. The molecule has 2 saturated heterocycles. The Morgan fingerprint density at radius 1 is 0.951 bits per heavy atom. The van der Waals surface area contributed by atoms with Gasteiger partial charge >= 0.3 is 12.1 Å². The van der Waals surface area contributed by atoms with Crippen LogP contribution >= 0.6 is 0 Å². The maximum Gasteiger partial charge on any atom is 0.416 e. The van der Waals surface area contributed by atoms with E-state index < -0.39 is 11.7 Å². The summed E-state index contributed by atoms with van der Waals surface area (Å²) in [5.74, 6) is -0.410. The second-order valence-electron chi connectivity index (χ2n) is 10.9. The maximum absolute atomic E-state index is 13.5. The Morgan fingerprint density at radius 3 is 2.37 bits per heavy atom. The topological polar surface area (TPSA) is 62.7 Å². The number of piperidine rings is 1. The number of aromatic nitrogens is 1. The number of aryl methyl sites for hydroxylation is 2. The molecule has 3 heterocycles. The van der Waals surface area contributed by atoms with Crippen LogP contribution in [0.5, 0.6) is 0 Å². The van der Waals surface area contributed by atoms with Crippen molar-refractivity contribution >= 4 is 11.9 Å². The van der Waals surface area contributed by atoms with Gasteiger partial charge in [0.2, 0.25) is 0 Å². The standard InChI is InChI=1S/C32H34F3N3O3/c1-21-18-28(24-10-6-11-25(19-24)32(33,34)35)36-22(2)29(21)30(39)37-16-13-26(14-17-37)38-15-7-12-27(38)20-41-31(40)23-8-4-3-5-9-23/h3-6,8-11,18-19,26-27H,7,12-17,20H2,1-2H3/t27-/m0/s1. The third-order valence-electron chi connectivity index (χ3n) is 8.16. The van der Waals surface area contributed by atoms with Crippen molar-refractivity contribution in [1.82, 2.24) is 14.8 Å². The van der Waals surface area contributed by atoms with Crippen LogP contribution in [0, 0.1) is 13.8 Å². The van der Waals surface area contributed by atoms with E-state index in [4.69, 9.17) is 4.74 Å². The molecule has 2 aliphatic rings. The molecule has 0 radical (unpaired) electrons. The highest BCUT2D eigenvalue weighted by Crippen LogP contribution is 2.33. The van der Waals surface area contributed by atoms with Gasteiger partial charge in [0.05, 0.1) is 28.1 Å². The summed E-state index contributed by atoms with van der Waals surface area (Å²) < 4.78 is 45.3. The van der Waals surface area contributed by atoms with E-state index in [1.807, 2.05) is 23.1 Å². The Balaban J connectivity index is 1.21. The number of alkyl halides is 3. The molecule has 41 heavy (non-hydrogen) atoms. The number of carbonyl (C=O) groups is 2. The number of likely N-dealkylation sites (tertiary alicyclic amines) is 2. The Labute approximate surface area is 238 Å². The molecule has 0 N–H and O–H groups in total. The van der Waals surface area contributed by atoms with Crippen molar-refractivity contribution in [3.63, 3.8) is 0 Å². The average molecular weight is 566 g/mol. The van der Waals surface area contributed by atoms with E-state index in [0.29, 0.717) is 59.4 Å². The van der Waals surface area contributed by atoms with E-state index in [2.05, 4.69) is 9.88 Å². The van der Waals surface area contributed by atoms with Gasteiger partial charge in [0.1, 0.15) is 6.61 Å². The van der Waals surface area contributed by atoms with Crippen molar-refractivity contribution in [3.05, 3.63) is 88.6 Å². The zero-order chi connectivity index (χ0) is 29.1. The molecular weight excluding hydrogens is 531 g/mol. The monoisotopic (exact) mass is 565 g/mol. The third-order valence-corrected chi connectivity index (χ3v) is 8.16. The van der Waals surface area contributed by atoms with Crippen LogP contribution < -0.4 is 0 Å². The van der Waals surface area contributed by atoms with Crippen LogP contribution in [0.15, 0.2) is 60.7 Å². The van der Waals surface area contributed by atoms with Gasteiger partial charge in [-0.15, -0.1) is 0 Å². The molecule has 0 unspecified atom stereocenters. The molecular formula is C32H34F3N3O3. The lowest BCUT2D eigenvalue weighted by Crippen LogP contribution is -2.49. The molecule has 1 atom stereocenters. The number of pyridine rings is 1. The molecule has 2 aliphatic heterocycles. The maximum atomic E-state index is 13.5. The predicted molar refractivity (Wildman–Crippen MR) is 150 cm³/mol. The zero-order valence-electron chi connectivity index (χ0n) is 23.3. The summed E-state index contributed by atoms with van der Waals surface area (Å²) in [4.78, 5) is 34.8. The Bertz CT molecular complexity index is 1380. The fraction of sp³-hybridized carbons (Fsp3) is 0.406. The van der Waals surface area contributed by atoms with Crippen LogP contribution in [0.2, 0.25) is 0 Å². The summed E-state index contributed by atoms with van der Waals surface area (Å²) in [5, 5.41) is 0. The van der Waals surface area contributed by atoms with Gasteiger partial charge in [-0.3, -0.25) is 14.7 Å². The van der Waals surface area contributed by atoms with Gasteiger partial charge in [0.15, 0.2) is 0 Å². The van der Waals surface area contributed by atoms with E-state index in [-0.39, 0.29) is 17.9 Å². The minimum Gasteiger partial charge on any atom is -0.460 e. The van der Waals surface area contributed by atoms with Gasteiger partial charge in [0, 0.05) is 30.7 Å². The summed E-state index contributed by atoms with van der Waals surface area (Å²) >= 11 is 0. The highest BCUT2D eigenvalue weighted by molar-refractivity contribution is 5.97. The highest BCUT2D eigenvalue weighted by Gasteiger charge is 2.35. The van der Waals surface area contributed by atoms with Gasteiger partial charge in [-0.2, -0.15) is 13.2 Å². The van der Waals surface area contributed by atoms with Gasteiger partial charge in [-0.05, 0) is 82.0 Å². The van der Waals surface area contributed by atoms with E-state index >= 15 is 0 Å². The number of nitrogens with zero attached hydrogens (tertiary/aromatic N) is 3. The molecule has 1 amide bonds. The summed E-state index contributed by atoms with van der Waals surface area (Å²) in [5.41, 5.74) is 2.29. The first kappa shape index (κ1) is 28.8. The number of hydrogen-bond donors (Lipinski definition) is 0. The molecule has 3 aromatic rings. The summed E-state index contributed by atoms with van der Waals surface area (Å²) in [6, 6.07) is 16.2. The average Bonchev–Trinajstić information content (AvgIpc) is 3.44. The lowest BCUT2D eigenvalue weighted by atomic mass is 9.98. The molecule has 216 valence electrons. The Hall–Kier alpha value is -3.72. The van der Waals surface area contributed by atoms with Crippen LogP contribution in [-0.2, 0) is 10.9 Å². The van der Waals surface area contributed by atoms with E-state index in [1.165, 1.54) is 6.07 Å². The van der Waals surface area contributed by atoms with Crippen LogP contribution in [0.3, 0.4) is 0 Å². The zero-order valence-corrected chi connectivity index (χ0v) is 23.3. The molecule has 0 bridgehead atoms. The normalized spacial score (nSPS) is 18.5. The second-order valence-corrected chi connectivity index (χ2v) is 10.9.